The molecule has 2 N–H and O–H groups in total. The van der Waals surface area contributed by atoms with Gasteiger partial charge in [-0.05, 0) is 36.8 Å². The fraction of sp³-hybridized carbons (Fsp3) is 0.462. The van der Waals surface area contributed by atoms with E-state index in [0.29, 0.717) is 55.1 Å². The summed E-state index contributed by atoms with van der Waals surface area (Å²) in [6.45, 7) is 4.31. The molecule has 0 aromatic heterocycles. The van der Waals surface area contributed by atoms with Crippen LogP contribution in [0.3, 0.4) is 0 Å². The molecule has 3 aliphatic rings. The van der Waals surface area contributed by atoms with Gasteiger partial charge in [0.25, 0.3) is 11.8 Å². The van der Waals surface area contributed by atoms with Crippen molar-refractivity contribution >= 4 is 11.8 Å². The van der Waals surface area contributed by atoms with Gasteiger partial charge in [0.15, 0.2) is 0 Å². The predicted molar refractivity (Wildman–Crippen MR) is 125 cm³/mol. The van der Waals surface area contributed by atoms with Crippen LogP contribution < -0.4 is 20.1 Å². The molecule has 1 saturated heterocycles. The molecule has 5 rings (SSSR count). The van der Waals surface area contributed by atoms with Gasteiger partial charge in [-0.3, -0.25) is 9.59 Å². The van der Waals surface area contributed by atoms with Crippen molar-refractivity contribution in [3.8, 4) is 11.5 Å². The van der Waals surface area contributed by atoms with Gasteiger partial charge in [-0.15, -0.1) is 0 Å². The largest absolute Gasteiger partial charge is 0.491 e. The van der Waals surface area contributed by atoms with E-state index in [4.69, 9.17) is 18.9 Å². The third kappa shape index (κ3) is 4.12. The van der Waals surface area contributed by atoms with Crippen LogP contribution >= 0.6 is 0 Å². The molecule has 2 aromatic carbocycles. The molecule has 1 unspecified atom stereocenters. The topological polar surface area (TPSA) is 95.1 Å². The van der Waals surface area contributed by atoms with Gasteiger partial charge in [0.2, 0.25) is 0 Å². The van der Waals surface area contributed by atoms with Gasteiger partial charge in [0, 0.05) is 49.1 Å². The first-order chi connectivity index (χ1) is 16.5. The summed E-state index contributed by atoms with van der Waals surface area (Å²) < 4.78 is 22.5. The Hall–Kier alpha value is -3.10. The number of benzene rings is 2. The summed E-state index contributed by atoms with van der Waals surface area (Å²) >= 11 is 0. The molecule has 2 aromatic rings. The van der Waals surface area contributed by atoms with Gasteiger partial charge >= 0.3 is 0 Å². The minimum atomic E-state index is -0.285. The number of amides is 2. The fourth-order valence-electron chi connectivity index (χ4n) is 5.13. The maximum Gasteiger partial charge on any atom is 0.254 e. The second-order valence-corrected chi connectivity index (χ2v) is 9.10. The molecule has 2 aliphatic heterocycles. The lowest BCUT2D eigenvalue weighted by atomic mass is 9.86. The van der Waals surface area contributed by atoms with E-state index in [9.17, 15) is 9.59 Å². The van der Waals surface area contributed by atoms with Crippen molar-refractivity contribution in [3.05, 3.63) is 58.7 Å². The Morgan fingerprint density at radius 3 is 2.62 bits per heavy atom. The van der Waals surface area contributed by atoms with E-state index in [1.807, 2.05) is 37.3 Å². The van der Waals surface area contributed by atoms with Crippen molar-refractivity contribution in [3.63, 3.8) is 0 Å². The number of fused-ring (bicyclic) bond motifs is 2. The van der Waals surface area contributed by atoms with E-state index in [1.54, 1.807) is 20.2 Å². The molecule has 2 heterocycles. The molecule has 1 aliphatic carbocycles. The number of carbonyl (C=O) groups is 2. The Labute approximate surface area is 198 Å². The van der Waals surface area contributed by atoms with Crippen LogP contribution in [0, 0.1) is 11.8 Å². The molecule has 2 amide bonds. The first kappa shape index (κ1) is 22.7. The second kappa shape index (κ2) is 9.27. The zero-order chi connectivity index (χ0) is 23.8. The molecule has 8 nitrogen and oxygen atoms in total. The van der Waals surface area contributed by atoms with E-state index >= 15 is 0 Å². The Kier molecular flexibility index (Phi) is 6.18. The normalized spacial score (nSPS) is 26.3. The molecule has 180 valence electrons. The Balaban J connectivity index is 1.47. The number of carbonyl (C=O) groups excluding carboxylic acids is 2. The number of hydrogen-bond donors (Lipinski definition) is 2. The highest BCUT2D eigenvalue weighted by atomic mass is 16.5. The van der Waals surface area contributed by atoms with Gasteiger partial charge in [0.1, 0.15) is 24.2 Å². The fourth-order valence-corrected chi connectivity index (χ4v) is 5.13. The maximum atomic E-state index is 13.2. The van der Waals surface area contributed by atoms with Gasteiger partial charge in [0.05, 0.1) is 25.4 Å². The first-order valence-corrected chi connectivity index (χ1v) is 11.7. The minimum absolute atomic E-state index is 0.143. The summed E-state index contributed by atoms with van der Waals surface area (Å²) in [5, 5.41) is 5.80. The number of methoxy groups -OCH3 is 1. The average Bonchev–Trinajstić information content (AvgIpc) is 3.15. The van der Waals surface area contributed by atoms with E-state index in [0.717, 1.165) is 16.9 Å². The SMILES string of the molecule is CNC(=O)c1cc(C(=O)NC2[C@H]3COC[C@@H]23)cc2c1O[C@H](C)[C@H]2c1cccc(OCCOC)c1. The third-order valence-corrected chi connectivity index (χ3v) is 6.98. The van der Waals surface area contributed by atoms with Crippen molar-refractivity contribution in [2.24, 2.45) is 11.8 Å². The minimum Gasteiger partial charge on any atom is -0.491 e. The third-order valence-electron chi connectivity index (χ3n) is 6.98. The van der Waals surface area contributed by atoms with Gasteiger partial charge in [-0.25, -0.2) is 0 Å². The van der Waals surface area contributed by atoms with E-state index in [-0.39, 0.29) is 29.9 Å². The van der Waals surface area contributed by atoms with Crippen molar-refractivity contribution in [2.45, 2.75) is 25.0 Å². The number of rotatable bonds is 8. The molecular formula is C26H30N2O6. The maximum absolute atomic E-state index is 13.2. The number of nitrogens with one attached hydrogen (secondary N) is 2. The number of ether oxygens (including phenoxy) is 4. The molecule has 34 heavy (non-hydrogen) atoms. The number of hydrogen-bond acceptors (Lipinski definition) is 6. The zero-order valence-corrected chi connectivity index (χ0v) is 19.6. The van der Waals surface area contributed by atoms with Gasteiger partial charge in [-0.2, -0.15) is 0 Å². The summed E-state index contributed by atoms with van der Waals surface area (Å²) in [6, 6.07) is 11.5. The van der Waals surface area contributed by atoms with Crippen molar-refractivity contribution in [2.75, 3.05) is 40.6 Å². The molecule has 0 bridgehead atoms. The molecule has 0 radical (unpaired) electrons. The zero-order valence-electron chi connectivity index (χ0n) is 19.6. The van der Waals surface area contributed by atoms with E-state index in [1.165, 1.54) is 0 Å². The summed E-state index contributed by atoms with van der Waals surface area (Å²) in [5.74, 6) is 1.44. The summed E-state index contributed by atoms with van der Waals surface area (Å²) in [5.41, 5.74) is 2.65. The van der Waals surface area contributed by atoms with Crippen molar-refractivity contribution < 1.29 is 28.5 Å². The Morgan fingerprint density at radius 1 is 1.09 bits per heavy atom. The molecule has 5 atom stereocenters. The van der Waals surface area contributed by atoms with Crippen LogP contribution in [0.5, 0.6) is 11.5 Å². The highest BCUT2D eigenvalue weighted by Crippen LogP contribution is 2.46. The van der Waals surface area contributed by atoms with E-state index < -0.39 is 0 Å². The molecule has 0 spiro atoms. The lowest BCUT2D eigenvalue weighted by Crippen LogP contribution is -2.30. The molecule has 8 heteroatoms. The van der Waals surface area contributed by atoms with Crippen LogP contribution in [-0.4, -0.2) is 64.5 Å². The average molecular weight is 467 g/mol. The molecule has 1 saturated carbocycles. The predicted octanol–water partition coefficient (Wildman–Crippen LogP) is 2.36. The molecule has 2 fully saturated rings. The Morgan fingerprint density at radius 2 is 1.88 bits per heavy atom. The standard InChI is InChI=1S/C26H30N2O6/c1-14-22(15-5-4-6-17(9-15)33-8-7-31-3)18-10-16(11-19(24(18)34-14)26(30)27-2)25(29)28-23-20-12-32-13-21(20)23/h4-6,9-11,14,20-23H,7-8,12-13H2,1-3H3,(H,27,30)(H,28,29)/t14-,20-,21+,22+,23?/m1/s1. The van der Waals surface area contributed by atoms with Crippen molar-refractivity contribution in [1.82, 2.24) is 10.6 Å². The quantitative estimate of drug-likeness (QED) is 0.580. The summed E-state index contributed by atoms with van der Waals surface area (Å²) in [4.78, 5) is 25.9. The summed E-state index contributed by atoms with van der Waals surface area (Å²) in [6.07, 6.45) is -0.217. The Bertz CT molecular complexity index is 1090. The molecular weight excluding hydrogens is 436 g/mol. The van der Waals surface area contributed by atoms with Gasteiger partial charge in [-0.1, -0.05) is 12.1 Å². The smallest absolute Gasteiger partial charge is 0.254 e. The highest BCUT2D eigenvalue weighted by molar-refractivity contribution is 6.02. The van der Waals surface area contributed by atoms with Crippen LogP contribution in [0.1, 0.15) is 44.7 Å². The van der Waals surface area contributed by atoms with Crippen molar-refractivity contribution in [1.29, 1.82) is 0 Å². The van der Waals surface area contributed by atoms with Gasteiger partial charge < -0.3 is 29.6 Å². The first-order valence-electron chi connectivity index (χ1n) is 11.7. The van der Waals surface area contributed by atoms with Crippen LogP contribution in [0.15, 0.2) is 36.4 Å². The van der Waals surface area contributed by atoms with Crippen LogP contribution in [0.2, 0.25) is 0 Å². The van der Waals surface area contributed by atoms with Crippen LogP contribution in [-0.2, 0) is 9.47 Å². The summed E-state index contributed by atoms with van der Waals surface area (Å²) in [7, 11) is 3.21. The lowest BCUT2D eigenvalue weighted by Gasteiger charge is -2.17. The van der Waals surface area contributed by atoms with Crippen LogP contribution in [0.4, 0.5) is 0 Å². The van der Waals surface area contributed by atoms with Crippen LogP contribution in [0.25, 0.3) is 0 Å². The van der Waals surface area contributed by atoms with E-state index in [2.05, 4.69) is 10.6 Å². The highest BCUT2D eigenvalue weighted by Gasteiger charge is 2.54. The lowest BCUT2D eigenvalue weighted by molar-refractivity contribution is 0.0928. The second-order valence-electron chi connectivity index (χ2n) is 9.10. The monoisotopic (exact) mass is 466 g/mol.